The van der Waals surface area contributed by atoms with Crippen LogP contribution in [0.25, 0.3) is 0 Å². The van der Waals surface area contributed by atoms with Crippen molar-refractivity contribution in [2.45, 2.75) is 134 Å². The van der Waals surface area contributed by atoms with Crippen molar-refractivity contribution in [3.63, 3.8) is 0 Å². The Bertz CT molecular complexity index is 1220. The number of aliphatic hydroxyl groups is 3. The minimum absolute atomic E-state index is 0.0250. The maximum Gasteiger partial charge on any atom is 0.410 e. The predicted molar refractivity (Wildman–Crippen MR) is 196 cm³/mol. The quantitative estimate of drug-likeness (QED) is 0.123. The van der Waals surface area contributed by atoms with Crippen molar-refractivity contribution < 1.29 is 39.2 Å². The maximum absolute atomic E-state index is 13.4. The molecule has 12 heteroatoms. The monoisotopic (exact) mass is 716 g/mol. The van der Waals surface area contributed by atoms with E-state index in [1.54, 1.807) is 22.8 Å². The average Bonchev–Trinajstić information content (AvgIpc) is 3.43. The Labute approximate surface area is 304 Å². The van der Waals surface area contributed by atoms with Gasteiger partial charge in [-0.2, -0.15) is 0 Å². The first-order chi connectivity index (χ1) is 24.4. The second-order valence-corrected chi connectivity index (χ2v) is 15.5. The number of hydrogen-bond acceptors (Lipinski definition) is 9. The van der Waals surface area contributed by atoms with E-state index in [0.29, 0.717) is 32.2 Å². The number of allylic oxidation sites excluding steroid dienone is 2. The molecule has 0 radical (unpaired) electrons. The molecule has 4 aliphatic rings. The first-order valence-corrected chi connectivity index (χ1v) is 19.4. The average molecular weight is 717 g/mol. The fraction of sp³-hybridized carbons (Fsp3) is 0.769. The number of hydrogen-bond donors (Lipinski definition) is 4. The smallest absolute Gasteiger partial charge is 0.410 e. The molecule has 3 aliphatic heterocycles. The number of ether oxygens (including phenoxy) is 2. The van der Waals surface area contributed by atoms with Crippen LogP contribution in [-0.4, -0.2) is 130 Å². The van der Waals surface area contributed by atoms with Crippen molar-refractivity contribution >= 4 is 18.1 Å². The summed E-state index contributed by atoms with van der Waals surface area (Å²) in [5.41, 5.74) is -0.699. The van der Waals surface area contributed by atoms with E-state index in [0.717, 1.165) is 31.5 Å². The lowest BCUT2D eigenvalue weighted by Gasteiger charge is -2.40. The first kappa shape index (κ1) is 40.8. The minimum atomic E-state index is -1.47. The molecule has 1 saturated carbocycles. The van der Waals surface area contributed by atoms with Gasteiger partial charge in [-0.15, -0.1) is 0 Å². The van der Waals surface area contributed by atoms with Crippen molar-refractivity contribution in [2.24, 2.45) is 11.8 Å². The lowest BCUT2D eigenvalue weighted by molar-refractivity contribution is -0.151. The molecule has 12 nitrogen and oxygen atoms in total. The first-order valence-electron chi connectivity index (χ1n) is 19.4. The van der Waals surface area contributed by atoms with Gasteiger partial charge in [0.25, 0.3) is 0 Å². The van der Waals surface area contributed by atoms with Gasteiger partial charge in [0.05, 0.1) is 25.2 Å². The molecule has 3 heterocycles. The largest absolute Gasteiger partial charge is 0.457 e. The van der Waals surface area contributed by atoms with E-state index in [2.05, 4.69) is 10.2 Å². The summed E-state index contributed by atoms with van der Waals surface area (Å²) in [7, 11) is 0. The van der Waals surface area contributed by atoms with E-state index in [1.807, 2.05) is 45.1 Å². The molecular formula is C39H64N4O8. The highest BCUT2D eigenvalue weighted by atomic mass is 16.6. The molecule has 0 unspecified atom stereocenters. The van der Waals surface area contributed by atoms with E-state index in [-0.39, 0.29) is 49.8 Å². The van der Waals surface area contributed by atoms with Gasteiger partial charge < -0.3 is 39.9 Å². The number of likely N-dealkylation sites (tertiary alicyclic amines) is 1. The van der Waals surface area contributed by atoms with Gasteiger partial charge in [-0.3, -0.25) is 9.69 Å². The zero-order valence-corrected chi connectivity index (χ0v) is 31.4. The number of nitrogens with one attached hydrogen (secondary N) is 1. The molecule has 3 fully saturated rings. The second kappa shape index (κ2) is 19.8. The van der Waals surface area contributed by atoms with Gasteiger partial charge in [-0.1, -0.05) is 63.8 Å². The van der Waals surface area contributed by atoms with Gasteiger partial charge in [0.1, 0.15) is 11.7 Å². The van der Waals surface area contributed by atoms with Crippen molar-refractivity contribution in [1.29, 1.82) is 0 Å². The number of carbonyl (C=O) groups is 3. The molecule has 4 N–H and O–H groups in total. The van der Waals surface area contributed by atoms with Crippen LogP contribution in [0.2, 0.25) is 0 Å². The van der Waals surface area contributed by atoms with Crippen LogP contribution in [-0.2, 0) is 14.3 Å². The summed E-state index contributed by atoms with van der Waals surface area (Å²) < 4.78 is 11.9. The second-order valence-electron chi connectivity index (χ2n) is 15.5. The van der Waals surface area contributed by atoms with Crippen LogP contribution >= 0.6 is 0 Å². The van der Waals surface area contributed by atoms with Crippen LogP contribution in [0.3, 0.4) is 0 Å². The lowest BCUT2D eigenvalue weighted by atomic mass is 9.89. The van der Waals surface area contributed by atoms with E-state index in [9.17, 15) is 29.7 Å². The van der Waals surface area contributed by atoms with Crippen LogP contribution in [0.1, 0.15) is 98.3 Å². The van der Waals surface area contributed by atoms with Crippen LogP contribution in [0.15, 0.2) is 36.0 Å². The normalized spacial score (nSPS) is 32.4. The molecule has 288 valence electrons. The third-order valence-electron chi connectivity index (χ3n) is 11.1. The van der Waals surface area contributed by atoms with E-state index in [1.165, 1.54) is 38.5 Å². The van der Waals surface area contributed by atoms with Crippen LogP contribution in [0.5, 0.6) is 0 Å². The zero-order valence-electron chi connectivity index (χ0n) is 31.4. The summed E-state index contributed by atoms with van der Waals surface area (Å²) in [6.45, 7) is 11.2. The molecule has 0 aromatic carbocycles. The zero-order chi connectivity index (χ0) is 37.0. The third-order valence-corrected chi connectivity index (χ3v) is 11.1. The number of aliphatic hydroxyl groups excluding tert-OH is 2. The fourth-order valence-corrected chi connectivity index (χ4v) is 7.73. The highest BCUT2D eigenvalue weighted by Gasteiger charge is 2.37. The molecule has 7 atom stereocenters. The fourth-order valence-electron chi connectivity index (χ4n) is 7.73. The molecule has 2 saturated heterocycles. The van der Waals surface area contributed by atoms with Crippen LogP contribution in [0.4, 0.5) is 9.59 Å². The Balaban J connectivity index is 1.39. The highest BCUT2D eigenvalue weighted by Crippen LogP contribution is 2.28. The molecule has 0 aromatic heterocycles. The Morgan fingerprint density at radius 3 is 2.45 bits per heavy atom. The van der Waals surface area contributed by atoms with Gasteiger partial charge >= 0.3 is 18.1 Å². The minimum Gasteiger partial charge on any atom is -0.457 e. The van der Waals surface area contributed by atoms with E-state index >= 15 is 0 Å². The molecular weight excluding hydrogens is 652 g/mol. The Kier molecular flexibility index (Phi) is 15.8. The standard InChI is InChI=1S/C39H64N4O8/c1-28(26-40-37(47)43-20-10-15-32(43)27-44)11-9-12-29(2)36-30(3)16-17-34(39(4,49)19-18-33(45)25-35(46)51-36)50-38(48)42-23-21-41(22-24-42)31-13-7-5-6-8-14-31/h9,11-12,16-17,28,30-34,36,44-45,49H,5-8,10,13-15,18-27H2,1-4H3,(H,40,47)/b11-9+,17-16-,29-12+/t28-,30+,32-,33+,34+,36-,39+/m1/s1. The third kappa shape index (κ3) is 12.3. The number of esters is 1. The Morgan fingerprint density at radius 1 is 1.06 bits per heavy atom. The van der Waals surface area contributed by atoms with Crippen molar-refractivity contribution in [3.05, 3.63) is 36.0 Å². The van der Waals surface area contributed by atoms with Crippen molar-refractivity contribution in [2.75, 3.05) is 45.9 Å². The van der Waals surface area contributed by atoms with E-state index in [4.69, 9.17) is 9.47 Å². The summed E-state index contributed by atoms with van der Waals surface area (Å²) in [6, 6.07) is 0.287. The Hall–Kier alpha value is -2.93. The Morgan fingerprint density at radius 2 is 1.76 bits per heavy atom. The molecule has 3 amide bonds. The number of piperazine rings is 1. The number of rotatable bonds is 8. The van der Waals surface area contributed by atoms with Crippen LogP contribution < -0.4 is 5.32 Å². The number of urea groups is 1. The molecule has 1 aliphatic carbocycles. The summed E-state index contributed by atoms with van der Waals surface area (Å²) >= 11 is 0. The summed E-state index contributed by atoms with van der Waals surface area (Å²) in [6.07, 6.45) is 15.4. The lowest BCUT2D eigenvalue weighted by Crippen LogP contribution is -2.53. The summed E-state index contributed by atoms with van der Waals surface area (Å²) in [5, 5.41) is 34.7. The van der Waals surface area contributed by atoms with Crippen LogP contribution in [0, 0.1) is 11.8 Å². The highest BCUT2D eigenvalue weighted by molar-refractivity contribution is 5.75. The molecule has 4 rings (SSSR count). The SMILES string of the molecule is C/C(=C\C=C\[C@@H](C)CNC(=O)N1CCC[C@@H]1CO)[C@H]1OC(=O)C[C@@H](O)CC[C@](C)(O)[C@@H](OC(=O)N2CCN(C3CCCCCC3)CC2)/C=C\[C@@H]1C. The topological polar surface area (TPSA) is 152 Å². The number of cyclic esters (lactones) is 1. The maximum atomic E-state index is 13.4. The van der Waals surface area contributed by atoms with E-state index < -0.39 is 36.0 Å². The van der Waals surface area contributed by atoms with Crippen molar-refractivity contribution in [1.82, 2.24) is 20.0 Å². The van der Waals surface area contributed by atoms with Crippen molar-refractivity contribution in [3.8, 4) is 0 Å². The number of nitrogens with zero attached hydrogens (tertiary/aromatic N) is 3. The van der Waals surface area contributed by atoms with Gasteiger partial charge in [0, 0.05) is 51.2 Å². The summed E-state index contributed by atoms with van der Waals surface area (Å²) in [5.74, 6) is -0.848. The molecule has 51 heavy (non-hydrogen) atoms. The molecule has 0 aromatic rings. The summed E-state index contributed by atoms with van der Waals surface area (Å²) in [4.78, 5) is 44.8. The van der Waals surface area contributed by atoms with Gasteiger partial charge in [-0.05, 0) is 69.9 Å². The molecule has 0 spiro atoms. The van der Waals surface area contributed by atoms with Gasteiger partial charge in [-0.25, -0.2) is 9.59 Å². The van der Waals surface area contributed by atoms with Gasteiger partial charge in [0.2, 0.25) is 0 Å². The molecule has 0 bridgehead atoms. The predicted octanol–water partition coefficient (Wildman–Crippen LogP) is 4.54. The van der Waals surface area contributed by atoms with Gasteiger partial charge in [0.15, 0.2) is 6.10 Å². The number of amides is 3. The number of carbonyl (C=O) groups excluding carboxylic acids is 3.